The first-order chi connectivity index (χ1) is 19.9. The summed E-state index contributed by atoms with van der Waals surface area (Å²) in [5.74, 6) is -0.190. The standard InChI is InChI=1S/C31H37N3O6S/c1-33(22-40-29(36)24-10-5-6-11-24)18-14-26-25(20-35)12-7-13-27(26)41(38)34-19-15-28(31(34)16-17-31)32-30(37)39-21-23-8-3-2-4-9-23/h2-4,7-9,12-14,18,20,24,28H,5-6,10-11,15-17,19,21-22H2,1H3,(H,32,37)/b18-14-. The first-order valence-electron chi connectivity index (χ1n) is 14.2. The number of aldehydes is 1. The average molecular weight is 580 g/mol. The summed E-state index contributed by atoms with van der Waals surface area (Å²) in [5.41, 5.74) is 1.49. The van der Waals surface area contributed by atoms with Gasteiger partial charge in [0.1, 0.15) is 17.6 Å². The molecule has 2 saturated carbocycles. The Balaban J connectivity index is 1.23. The van der Waals surface area contributed by atoms with Crippen LogP contribution in [0, 0.1) is 5.92 Å². The molecule has 218 valence electrons. The minimum Gasteiger partial charge on any atom is -0.445 e. The summed E-state index contributed by atoms with van der Waals surface area (Å²) in [6.07, 6.45) is 9.91. The lowest BCUT2D eigenvalue weighted by Gasteiger charge is -2.28. The second-order valence-corrected chi connectivity index (χ2v) is 12.4. The third-order valence-corrected chi connectivity index (χ3v) is 9.92. The zero-order valence-electron chi connectivity index (χ0n) is 23.3. The second-order valence-electron chi connectivity index (χ2n) is 11.0. The molecule has 2 aliphatic carbocycles. The summed E-state index contributed by atoms with van der Waals surface area (Å²) in [7, 11) is 0.225. The van der Waals surface area contributed by atoms with E-state index in [1.807, 2.05) is 34.6 Å². The summed E-state index contributed by atoms with van der Waals surface area (Å²) in [4.78, 5) is 39.0. The first kappa shape index (κ1) is 29.0. The maximum Gasteiger partial charge on any atom is 0.407 e. The summed E-state index contributed by atoms with van der Waals surface area (Å²) in [5, 5.41) is 3.00. The van der Waals surface area contributed by atoms with Crippen LogP contribution in [0.4, 0.5) is 4.79 Å². The zero-order chi connectivity index (χ0) is 28.8. The number of nitrogens with one attached hydrogen (secondary N) is 1. The van der Waals surface area contributed by atoms with E-state index in [1.54, 1.807) is 42.4 Å². The molecule has 1 saturated heterocycles. The van der Waals surface area contributed by atoms with Crippen molar-refractivity contribution in [2.45, 2.75) is 68.0 Å². The summed E-state index contributed by atoms with van der Waals surface area (Å²) >= 11 is 0. The van der Waals surface area contributed by atoms with Gasteiger partial charge in [0.25, 0.3) is 0 Å². The highest BCUT2D eigenvalue weighted by atomic mass is 32.2. The first-order valence-corrected chi connectivity index (χ1v) is 15.3. The van der Waals surface area contributed by atoms with Crippen LogP contribution in [0.5, 0.6) is 0 Å². The molecule has 0 aromatic heterocycles. The van der Waals surface area contributed by atoms with Crippen molar-refractivity contribution >= 4 is 35.4 Å². The number of alkyl carbamates (subject to hydrolysis) is 1. The van der Waals surface area contributed by atoms with Gasteiger partial charge in [-0.1, -0.05) is 55.3 Å². The Bertz CT molecular complexity index is 1310. The number of benzene rings is 2. The lowest BCUT2D eigenvalue weighted by atomic mass is 10.1. The van der Waals surface area contributed by atoms with E-state index in [2.05, 4.69) is 5.32 Å². The molecule has 41 heavy (non-hydrogen) atoms. The molecule has 0 bridgehead atoms. The van der Waals surface area contributed by atoms with E-state index in [-0.39, 0.29) is 31.3 Å². The quantitative estimate of drug-likeness (QED) is 0.235. The van der Waals surface area contributed by atoms with Crippen LogP contribution in [0.2, 0.25) is 0 Å². The third-order valence-electron chi connectivity index (χ3n) is 8.24. The number of carbonyl (C=O) groups excluding carboxylic acids is 3. The predicted molar refractivity (Wildman–Crippen MR) is 155 cm³/mol. The smallest absolute Gasteiger partial charge is 0.407 e. The van der Waals surface area contributed by atoms with E-state index in [4.69, 9.17) is 9.47 Å². The van der Waals surface area contributed by atoms with Crippen molar-refractivity contribution in [2.75, 3.05) is 20.3 Å². The molecular formula is C31H37N3O6S. The number of carbonyl (C=O) groups is 3. The van der Waals surface area contributed by atoms with Crippen LogP contribution < -0.4 is 5.32 Å². The molecule has 1 heterocycles. The van der Waals surface area contributed by atoms with E-state index >= 15 is 0 Å². The second kappa shape index (κ2) is 13.0. The van der Waals surface area contributed by atoms with Gasteiger partial charge in [-0.25, -0.2) is 13.3 Å². The Labute approximate surface area is 243 Å². The molecule has 10 heteroatoms. The highest BCUT2D eigenvalue weighted by Crippen LogP contribution is 2.51. The van der Waals surface area contributed by atoms with Gasteiger partial charge in [-0.05, 0) is 49.8 Å². The van der Waals surface area contributed by atoms with E-state index in [0.717, 1.165) is 50.4 Å². The fourth-order valence-electron chi connectivity index (χ4n) is 5.80. The molecule has 9 nitrogen and oxygen atoms in total. The molecule has 0 radical (unpaired) electrons. The maximum atomic E-state index is 14.0. The Hall–Kier alpha value is -3.50. The monoisotopic (exact) mass is 579 g/mol. The highest BCUT2D eigenvalue weighted by Gasteiger charge is 2.60. The normalized spacial score (nSPS) is 20.7. The SMILES string of the molecule is CN(/C=C\c1c(C=O)cccc1S(=O)N1CCC(NC(=O)OCc2ccccc2)C12CC2)COC(=O)C1CCCC1. The van der Waals surface area contributed by atoms with E-state index < -0.39 is 22.6 Å². The van der Waals surface area contributed by atoms with Crippen LogP contribution in [-0.4, -0.2) is 63.7 Å². The van der Waals surface area contributed by atoms with Gasteiger partial charge in [-0.15, -0.1) is 0 Å². The Morgan fingerprint density at radius 1 is 1.07 bits per heavy atom. The molecule has 3 fully saturated rings. The van der Waals surface area contributed by atoms with Gasteiger partial charge in [0, 0.05) is 30.9 Å². The molecule has 2 atom stereocenters. The van der Waals surface area contributed by atoms with Gasteiger partial charge in [0.05, 0.1) is 22.4 Å². The van der Waals surface area contributed by atoms with Crippen LogP contribution in [0.1, 0.15) is 66.4 Å². The van der Waals surface area contributed by atoms with E-state index in [0.29, 0.717) is 29.0 Å². The molecule has 5 rings (SSSR count). The zero-order valence-corrected chi connectivity index (χ0v) is 24.1. The minimum absolute atomic E-state index is 0.0172. The van der Waals surface area contributed by atoms with Crippen molar-refractivity contribution in [1.29, 1.82) is 0 Å². The van der Waals surface area contributed by atoms with Crippen LogP contribution in [0.3, 0.4) is 0 Å². The number of esters is 1. The molecule has 1 spiro atoms. The van der Waals surface area contributed by atoms with Gasteiger partial charge < -0.3 is 19.7 Å². The van der Waals surface area contributed by atoms with Crippen LogP contribution in [0.15, 0.2) is 59.6 Å². The number of nitrogens with zero attached hydrogens (tertiary/aromatic N) is 2. The number of ether oxygens (including phenoxy) is 2. The van der Waals surface area contributed by atoms with Gasteiger partial charge in [-0.3, -0.25) is 9.59 Å². The molecule has 1 aliphatic heterocycles. The van der Waals surface area contributed by atoms with Crippen LogP contribution in [-0.2, 0) is 31.9 Å². The summed E-state index contributed by atoms with van der Waals surface area (Å²) in [6, 6.07) is 14.5. The molecule has 3 aliphatic rings. The summed E-state index contributed by atoms with van der Waals surface area (Å²) in [6.45, 7) is 0.822. The van der Waals surface area contributed by atoms with Crippen LogP contribution in [0.25, 0.3) is 6.08 Å². The van der Waals surface area contributed by atoms with Crippen molar-refractivity contribution in [3.8, 4) is 0 Å². The van der Waals surface area contributed by atoms with Gasteiger partial charge >= 0.3 is 12.1 Å². The van der Waals surface area contributed by atoms with Crippen molar-refractivity contribution in [3.63, 3.8) is 0 Å². The minimum atomic E-state index is -1.56. The number of hydrogen-bond acceptors (Lipinski definition) is 7. The highest BCUT2D eigenvalue weighted by molar-refractivity contribution is 7.82. The Morgan fingerprint density at radius 3 is 2.54 bits per heavy atom. The van der Waals surface area contributed by atoms with E-state index in [1.165, 1.54) is 0 Å². The molecular weight excluding hydrogens is 542 g/mol. The summed E-state index contributed by atoms with van der Waals surface area (Å²) < 4.78 is 26.8. The topological polar surface area (TPSA) is 105 Å². The van der Waals surface area contributed by atoms with Gasteiger partial charge in [0.15, 0.2) is 13.0 Å². The van der Waals surface area contributed by atoms with Gasteiger partial charge in [0.2, 0.25) is 0 Å². The third kappa shape index (κ3) is 6.70. The number of rotatable bonds is 11. The lowest BCUT2D eigenvalue weighted by Crippen LogP contribution is -2.47. The number of amides is 1. The predicted octanol–water partition coefficient (Wildman–Crippen LogP) is 4.65. The van der Waals surface area contributed by atoms with Crippen molar-refractivity contribution in [1.82, 2.24) is 14.5 Å². The van der Waals surface area contributed by atoms with Crippen molar-refractivity contribution in [3.05, 3.63) is 71.4 Å². The largest absolute Gasteiger partial charge is 0.445 e. The fourth-order valence-corrected chi connectivity index (χ4v) is 7.52. The number of hydrogen-bond donors (Lipinski definition) is 1. The maximum absolute atomic E-state index is 14.0. The molecule has 1 amide bonds. The fraction of sp³-hybridized carbons (Fsp3) is 0.452. The van der Waals surface area contributed by atoms with Crippen molar-refractivity contribution in [2.24, 2.45) is 5.92 Å². The molecule has 2 unspecified atom stereocenters. The van der Waals surface area contributed by atoms with E-state index in [9.17, 15) is 18.6 Å². The Kier molecular flexibility index (Phi) is 9.19. The molecule has 1 N–H and O–H groups in total. The average Bonchev–Trinajstić information content (AvgIpc) is 3.43. The van der Waals surface area contributed by atoms with Gasteiger partial charge in [-0.2, -0.15) is 0 Å². The van der Waals surface area contributed by atoms with Crippen LogP contribution >= 0.6 is 0 Å². The lowest BCUT2D eigenvalue weighted by molar-refractivity contribution is -0.151. The Morgan fingerprint density at radius 2 is 1.83 bits per heavy atom. The van der Waals surface area contributed by atoms with Crippen molar-refractivity contribution < 1.29 is 28.1 Å². The molecule has 2 aromatic carbocycles. The molecule has 2 aromatic rings.